The lowest BCUT2D eigenvalue weighted by atomic mass is 10.3. The summed E-state index contributed by atoms with van der Waals surface area (Å²) in [5.41, 5.74) is 0.572. The van der Waals surface area contributed by atoms with E-state index in [1.165, 1.54) is 24.5 Å². The number of hydrogen-bond donors (Lipinski definition) is 1. The fraction of sp³-hybridized carbons (Fsp3) is 0.125. The largest absolute Gasteiger partial charge is 0.481 e. The van der Waals surface area contributed by atoms with E-state index < -0.39 is 12.0 Å². The van der Waals surface area contributed by atoms with Crippen LogP contribution in [-0.4, -0.2) is 21.0 Å². The van der Waals surface area contributed by atoms with Crippen molar-refractivity contribution in [2.24, 2.45) is 0 Å². The molecule has 0 aliphatic rings. The van der Waals surface area contributed by atoms with Gasteiger partial charge in [-0.25, -0.2) is 9.97 Å². The molecule has 13 heavy (non-hydrogen) atoms. The molecule has 1 heterocycles. The number of aliphatic carboxylic acids is 1. The van der Waals surface area contributed by atoms with Crippen molar-refractivity contribution in [3.63, 3.8) is 0 Å². The van der Waals surface area contributed by atoms with Crippen molar-refractivity contribution in [1.29, 1.82) is 0 Å². The quantitative estimate of drug-likeness (QED) is 0.711. The molecule has 0 unspecified atom stereocenters. The fourth-order valence-corrected chi connectivity index (χ4v) is 0.704. The van der Waals surface area contributed by atoms with Gasteiger partial charge < -0.3 is 5.11 Å². The zero-order valence-electron chi connectivity index (χ0n) is 6.64. The molecule has 0 fully saturated rings. The van der Waals surface area contributed by atoms with Crippen LogP contribution in [0.4, 0.5) is 4.39 Å². The second-order valence-electron chi connectivity index (χ2n) is 2.29. The van der Waals surface area contributed by atoms with Crippen LogP contribution >= 0.6 is 0 Å². The first kappa shape index (κ1) is 9.31. The number of nitrogens with zero attached hydrogens (tertiary/aromatic N) is 2. The minimum absolute atomic E-state index is 0.0720. The van der Waals surface area contributed by atoms with Crippen molar-refractivity contribution in [3.8, 4) is 0 Å². The molecule has 68 valence electrons. The van der Waals surface area contributed by atoms with Crippen LogP contribution in [0.2, 0.25) is 0 Å². The molecule has 0 spiro atoms. The van der Waals surface area contributed by atoms with Crippen LogP contribution in [0.15, 0.2) is 18.5 Å². The van der Waals surface area contributed by atoms with Crippen LogP contribution in [0.1, 0.15) is 12.0 Å². The summed E-state index contributed by atoms with van der Waals surface area (Å²) in [6, 6.07) is 0. The zero-order chi connectivity index (χ0) is 9.68. The van der Waals surface area contributed by atoms with Crippen molar-refractivity contribution in [2.45, 2.75) is 6.42 Å². The van der Waals surface area contributed by atoms with Gasteiger partial charge in [0.25, 0.3) is 0 Å². The first-order valence-electron chi connectivity index (χ1n) is 3.54. The summed E-state index contributed by atoms with van der Waals surface area (Å²) in [6.07, 6.45) is 4.65. The van der Waals surface area contributed by atoms with Crippen LogP contribution in [0.25, 0.3) is 6.08 Å². The summed E-state index contributed by atoms with van der Waals surface area (Å²) in [6.45, 7) is 0. The van der Waals surface area contributed by atoms with E-state index in [1.54, 1.807) is 0 Å². The lowest BCUT2D eigenvalue weighted by Gasteiger charge is -1.90. The molecule has 1 N–H and O–H groups in total. The topological polar surface area (TPSA) is 63.1 Å². The molecule has 0 aliphatic heterocycles. The van der Waals surface area contributed by atoms with Crippen LogP contribution in [0.3, 0.4) is 0 Å². The maximum Gasteiger partial charge on any atom is 0.308 e. The third-order valence-corrected chi connectivity index (χ3v) is 1.24. The van der Waals surface area contributed by atoms with E-state index >= 15 is 0 Å². The molecule has 5 heteroatoms. The van der Waals surface area contributed by atoms with E-state index in [-0.39, 0.29) is 6.42 Å². The van der Waals surface area contributed by atoms with Gasteiger partial charge in [0.1, 0.15) is 0 Å². The summed E-state index contributed by atoms with van der Waals surface area (Å²) in [4.78, 5) is 16.7. The lowest BCUT2D eigenvalue weighted by Crippen LogP contribution is -1.90. The SMILES string of the molecule is O=C(O)CC=Cc1cnc(F)nc1. The third kappa shape index (κ3) is 3.42. The van der Waals surface area contributed by atoms with E-state index in [1.807, 2.05) is 0 Å². The van der Waals surface area contributed by atoms with Gasteiger partial charge in [-0.2, -0.15) is 4.39 Å². The Morgan fingerprint density at radius 1 is 1.54 bits per heavy atom. The van der Waals surface area contributed by atoms with Crippen molar-refractivity contribution >= 4 is 12.0 Å². The molecule has 0 atom stereocenters. The Morgan fingerprint density at radius 2 is 2.15 bits per heavy atom. The van der Waals surface area contributed by atoms with Gasteiger partial charge in [0.15, 0.2) is 0 Å². The van der Waals surface area contributed by atoms with Gasteiger partial charge in [-0.15, -0.1) is 0 Å². The summed E-state index contributed by atoms with van der Waals surface area (Å²) >= 11 is 0. The van der Waals surface area contributed by atoms with Crippen molar-refractivity contribution in [2.75, 3.05) is 0 Å². The second kappa shape index (κ2) is 4.30. The maximum atomic E-state index is 12.2. The predicted octanol–water partition coefficient (Wildman–Crippen LogP) is 1.10. The Kier molecular flexibility index (Phi) is 3.08. The van der Waals surface area contributed by atoms with E-state index in [4.69, 9.17) is 5.11 Å². The van der Waals surface area contributed by atoms with Crippen LogP contribution in [0, 0.1) is 6.08 Å². The van der Waals surface area contributed by atoms with Gasteiger partial charge >= 0.3 is 12.0 Å². The predicted molar refractivity (Wildman–Crippen MR) is 43.3 cm³/mol. The Bertz CT molecular complexity index is 321. The average molecular weight is 182 g/mol. The second-order valence-corrected chi connectivity index (χ2v) is 2.29. The lowest BCUT2D eigenvalue weighted by molar-refractivity contribution is -0.135. The van der Waals surface area contributed by atoms with Crippen LogP contribution < -0.4 is 0 Å². The summed E-state index contributed by atoms with van der Waals surface area (Å²) < 4.78 is 12.2. The first-order valence-corrected chi connectivity index (χ1v) is 3.54. The molecule has 0 saturated heterocycles. The normalized spacial score (nSPS) is 10.5. The van der Waals surface area contributed by atoms with Gasteiger partial charge in [-0.05, 0) is 0 Å². The molecule has 0 radical (unpaired) electrons. The highest BCUT2D eigenvalue weighted by Gasteiger charge is 1.92. The molecule has 0 aromatic carbocycles. The highest BCUT2D eigenvalue weighted by atomic mass is 19.1. The summed E-state index contributed by atoms with van der Waals surface area (Å²) in [7, 11) is 0. The molecule has 1 aromatic heterocycles. The van der Waals surface area contributed by atoms with Gasteiger partial charge in [-0.1, -0.05) is 12.2 Å². The van der Waals surface area contributed by atoms with E-state index in [2.05, 4.69) is 9.97 Å². The number of carboxylic acids is 1. The van der Waals surface area contributed by atoms with Crippen molar-refractivity contribution in [1.82, 2.24) is 9.97 Å². The van der Waals surface area contributed by atoms with Crippen molar-refractivity contribution < 1.29 is 14.3 Å². The monoisotopic (exact) mass is 182 g/mol. The molecule has 0 bridgehead atoms. The van der Waals surface area contributed by atoms with Gasteiger partial charge in [0, 0.05) is 18.0 Å². The third-order valence-electron chi connectivity index (χ3n) is 1.24. The van der Waals surface area contributed by atoms with Gasteiger partial charge in [0.05, 0.1) is 6.42 Å². The molecule has 0 amide bonds. The van der Waals surface area contributed by atoms with Crippen molar-refractivity contribution in [3.05, 3.63) is 30.1 Å². The molecular formula is C8H7FN2O2. The van der Waals surface area contributed by atoms with E-state index in [0.29, 0.717) is 5.56 Å². The number of hydrogen-bond acceptors (Lipinski definition) is 3. The maximum absolute atomic E-state index is 12.2. The molecule has 4 nitrogen and oxygen atoms in total. The molecule has 0 saturated carbocycles. The van der Waals surface area contributed by atoms with E-state index in [0.717, 1.165) is 0 Å². The standard InChI is InChI=1S/C8H7FN2O2/c9-8-10-4-6(5-11-8)2-1-3-7(12)13/h1-2,4-5H,3H2,(H,12,13). The van der Waals surface area contributed by atoms with E-state index in [9.17, 15) is 9.18 Å². The number of carbonyl (C=O) groups is 1. The van der Waals surface area contributed by atoms with Gasteiger partial charge in [0.2, 0.25) is 0 Å². The van der Waals surface area contributed by atoms with Crippen LogP contribution in [-0.2, 0) is 4.79 Å². The highest BCUT2D eigenvalue weighted by molar-refractivity contribution is 5.70. The van der Waals surface area contributed by atoms with Gasteiger partial charge in [-0.3, -0.25) is 4.79 Å². The minimum Gasteiger partial charge on any atom is -0.481 e. The Hall–Kier alpha value is -1.78. The Morgan fingerprint density at radius 3 is 2.69 bits per heavy atom. The molecule has 0 aliphatic carbocycles. The summed E-state index contributed by atoms with van der Waals surface area (Å²) in [5.74, 6) is -0.917. The highest BCUT2D eigenvalue weighted by Crippen LogP contribution is 1.99. The number of halogens is 1. The first-order chi connectivity index (χ1) is 6.18. The number of aromatic nitrogens is 2. The minimum atomic E-state index is -0.917. The number of carboxylic acid groups (broad SMARTS) is 1. The number of rotatable bonds is 3. The Balaban J connectivity index is 2.59. The molecule has 1 rings (SSSR count). The fourth-order valence-electron chi connectivity index (χ4n) is 0.704. The zero-order valence-corrected chi connectivity index (χ0v) is 6.64. The Labute approximate surface area is 73.8 Å². The molecular weight excluding hydrogens is 175 g/mol. The molecule has 1 aromatic rings. The smallest absolute Gasteiger partial charge is 0.308 e. The van der Waals surface area contributed by atoms with Crippen LogP contribution in [0.5, 0.6) is 0 Å². The average Bonchev–Trinajstić information content (AvgIpc) is 2.08. The summed E-state index contributed by atoms with van der Waals surface area (Å²) in [5, 5.41) is 8.29.